The molecular weight excluding hydrogens is 230 g/mol. The van der Waals surface area contributed by atoms with E-state index in [9.17, 15) is 15.0 Å². The lowest BCUT2D eigenvalue weighted by atomic mass is 10.2. The zero-order valence-corrected chi connectivity index (χ0v) is 11.9. The molecule has 1 atom stereocenters. The van der Waals surface area contributed by atoms with E-state index in [4.69, 9.17) is 0 Å². The second-order valence-corrected chi connectivity index (χ2v) is 5.46. The van der Waals surface area contributed by atoms with Gasteiger partial charge in [-0.1, -0.05) is 31.9 Å². The molecule has 0 saturated heterocycles. The third-order valence-corrected chi connectivity index (χ3v) is 2.91. The molecule has 0 spiro atoms. The molecule has 0 bridgehead atoms. The fourth-order valence-electron chi connectivity index (χ4n) is 1.89. The number of quaternary nitrogens is 1. The van der Waals surface area contributed by atoms with Crippen LogP contribution in [0.1, 0.15) is 39.0 Å². The van der Waals surface area contributed by atoms with E-state index in [0.717, 1.165) is 25.8 Å². The molecule has 0 amide bonds. The van der Waals surface area contributed by atoms with Gasteiger partial charge in [-0.2, -0.15) is 0 Å². The first-order valence-corrected chi connectivity index (χ1v) is 6.74. The summed E-state index contributed by atoms with van der Waals surface area (Å²) in [7, 11) is 4.00. The molecule has 0 aromatic heterocycles. The quantitative estimate of drug-likeness (QED) is 0.356. The maximum Gasteiger partial charge on any atom is 0.121 e. The summed E-state index contributed by atoms with van der Waals surface area (Å²) in [5, 5.41) is 20.2. The number of carboxylic acids is 1. The van der Waals surface area contributed by atoms with Crippen LogP contribution in [0.25, 0.3) is 0 Å². The monoisotopic (exact) mass is 257 g/mol. The Hall–Kier alpha value is -0.870. The van der Waals surface area contributed by atoms with Crippen LogP contribution in [0.15, 0.2) is 12.2 Å². The van der Waals surface area contributed by atoms with Crippen molar-refractivity contribution in [1.82, 2.24) is 0 Å². The van der Waals surface area contributed by atoms with E-state index in [1.165, 1.54) is 0 Å². The average molecular weight is 257 g/mol. The minimum absolute atomic E-state index is 0.0874. The number of aliphatic carboxylic acids is 1. The lowest BCUT2D eigenvalue weighted by Gasteiger charge is -2.31. The number of allylic oxidation sites excluding steroid dienone is 1. The van der Waals surface area contributed by atoms with Gasteiger partial charge in [0.1, 0.15) is 12.6 Å². The van der Waals surface area contributed by atoms with Gasteiger partial charge in [0.2, 0.25) is 0 Å². The molecule has 0 aliphatic rings. The van der Waals surface area contributed by atoms with Crippen LogP contribution in [0.5, 0.6) is 0 Å². The topological polar surface area (TPSA) is 60.4 Å². The maximum atomic E-state index is 10.3. The van der Waals surface area contributed by atoms with Gasteiger partial charge in [-0.3, -0.25) is 0 Å². The Labute approximate surface area is 111 Å². The van der Waals surface area contributed by atoms with Crippen LogP contribution >= 0.6 is 0 Å². The largest absolute Gasteiger partial charge is 0.550 e. The highest BCUT2D eigenvalue weighted by Crippen LogP contribution is 2.05. The van der Waals surface area contributed by atoms with Crippen molar-refractivity contribution in [2.75, 3.05) is 27.2 Å². The zero-order valence-electron chi connectivity index (χ0n) is 11.9. The highest BCUT2D eigenvalue weighted by molar-refractivity contribution is 5.64. The first-order chi connectivity index (χ1) is 8.37. The molecule has 0 aliphatic carbocycles. The number of unbranched alkanes of at least 4 members (excludes halogenated alkanes) is 2. The SMILES string of the molecule is CCCC/C=C/C(O)C[N+](C)(C)CCCC(=O)[O-]. The number of carboxylic acid groups (broad SMARTS) is 1. The second-order valence-electron chi connectivity index (χ2n) is 5.46. The molecule has 4 heteroatoms. The third-order valence-electron chi connectivity index (χ3n) is 2.91. The molecule has 0 heterocycles. The summed E-state index contributed by atoms with van der Waals surface area (Å²) in [6, 6.07) is 0. The summed E-state index contributed by atoms with van der Waals surface area (Å²) in [5.41, 5.74) is 0. The number of nitrogens with zero attached hydrogens (tertiary/aromatic N) is 1. The van der Waals surface area contributed by atoms with Gasteiger partial charge in [-0.05, 0) is 12.8 Å². The van der Waals surface area contributed by atoms with Crippen LogP contribution in [0.2, 0.25) is 0 Å². The van der Waals surface area contributed by atoms with E-state index in [-0.39, 0.29) is 6.42 Å². The van der Waals surface area contributed by atoms with E-state index in [2.05, 4.69) is 6.92 Å². The van der Waals surface area contributed by atoms with Crippen molar-refractivity contribution in [3.05, 3.63) is 12.2 Å². The Morgan fingerprint density at radius 3 is 2.61 bits per heavy atom. The van der Waals surface area contributed by atoms with E-state index >= 15 is 0 Å². The lowest BCUT2D eigenvalue weighted by Crippen LogP contribution is -2.45. The molecule has 1 N–H and O–H groups in total. The fraction of sp³-hybridized carbons (Fsp3) is 0.786. The molecule has 18 heavy (non-hydrogen) atoms. The van der Waals surface area contributed by atoms with Crippen LogP contribution in [0.3, 0.4) is 0 Å². The van der Waals surface area contributed by atoms with Crippen molar-refractivity contribution in [3.8, 4) is 0 Å². The number of carbonyl (C=O) groups is 1. The second kappa shape index (κ2) is 9.11. The Bertz CT molecular complexity index is 262. The maximum absolute atomic E-state index is 10.3. The zero-order chi connectivity index (χ0) is 14.0. The summed E-state index contributed by atoms with van der Waals surface area (Å²) in [6.45, 7) is 3.48. The predicted molar refractivity (Wildman–Crippen MR) is 70.8 cm³/mol. The third kappa shape index (κ3) is 10.3. The molecule has 0 saturated carbocycles. The van der Waals surface area contributed by atoms with Crippen molar-refractivity contribution >= 4 is 5.97 Å². The fourth-order valence-corrected chi connectivity index (χ4v) is 1.89. The van der Waals surface area contributed by atoms with Gasteiger partial charge in [0.05, 0.1) is 20.6 Å². The minimum atomic E-state index is -1.00. The summed E-state index contributed by atoms with van der Waals surface area (Å²) >= 11 is 0. The number of likely N-dealkylation sites (N-methyl/N-ethyl adjacent to an activating group) is 1. The molecule has 106 valence electrons. The number of aliphatic hydroxyl groups is 1. The van der Waals surface area contributed by atoms with Gasteiger partial charge in [-0.25, -0.2) is 0 Å². The van der Waals surface area contributed by atoms with Gasteiger partial charge in [0, 0.05) is 12.4 Å². The number of carbonyl (C=O) groups excluding carboxylic acids is 1. The van der Waals surface area contributed by atoms with Gasteiger partial charge in [0.25, 0.3) is 0 Å². The highest BCUT2D eigenvalue weighted by atomic mass is 16.4. The Balaban J connectivity index is 3.90. The van der Waals surface area contributed by atoms with Crippen molar-refractivity contribution in [3.63, 3.8) is 0 Å². The van der Waals surface area contributed by atoms with E-state index in [1.54, 1.807) is 0 Å². The van der Waals surface area contributed by atoms with Crippen molar-refractivity contribution < 1.29 is 19.5 Å². The summed E-state index contributed by atoms with van der Waals surface area (Å²) in [4.78, 5) is 10.3. The van der Waals surface area contributed by atoms with Crippen LogP contribution in [-0.2, 0) is 4.79 Å². The molecule has 0 aromatic carbocycles. The van der Waals surface area contributed by atoms with Gasteiger partial charge in [-0.15, -0.1) is 0 Å². The summed E-state index contributed by atoms with van der Waals surface area (Å²) in [5.74, 6) is -1.00. The number of hydrogen-bond acceptors (Lipinski definition) is 3. The molecule has 0 aliphatic heterocycles. The number of rotatable bonds is 10. The number of aliphatic hydroxyl groups excluding tert-OH is 1. The Kier molecular flexibility index (Phi) is 8.67. The summed E-state index contributed by atoms with van der Waals surface area (Å²) in [6.07, 6.45) is 7.39. The van der Waals surface area contributed by atoms with Gasteiger partial charge in [0.15, 0.2) is 0 Å². The number of hydrogen-bond donors (Lipinski definition) is 1. The van der Waals surface area contributed by atoms with E-state index in [1.807, 2.05) is 26.2 Å². The highest BCUT2D eigenvalue weighted by Gasteiger charge is 2.18. The van der Waals surface area contributed by atoms with Crippen LogP contribution in [0, 0.1) is 0 Å². The molecule has 0 fully saturated rings. The molecule has 1 unspecified atom stereocenters. The van der Waals surface area contributed by atoms with Crippen molar-refractivity contribution in [2.24, 2.45) is 0 Å². The van der Waals surface area contributed by atoms with E-state index in [0.29, 0.717) is 17.4 Å². The van der Waals surface area contributed by atoms with Gasteiger partial charge < -0.3 is 19.5 Å². The Morgan fingerprint density at radius 1 is 1.39 bits per heavy atom. The van der Waals surface area contributed by atoms with Crippen LogP contribution < -0.4 is 5.11 Å². The molecule has 0 radical (unpaired) electrons. The normalized spacial score (nSPS) is 14.0. The van der Waals surface area contributed by atoms with Crippen LogP contribution in [0.4, 0.5) is 0 Å². The lowest BCUT2D eigenvalue weighted by molar-refractivity contribution is -0.892. The summed E-state index contributed by atoms with van der Waals surface area (Å²) < 4.78 is 0.618. The smallest absolute Gasteiger partial charge is 0.121 e. The van der Waals surface area contributed by atoms with E-state index < -0.39 is 12.1 Å². The minimum Gasteiger partial charge on any atom is -0.550 e. The standard InChI is InChI=1S/C14H27NO3/c1-4-5-6-7-9-13(16)12-15(2,3)11-8-10-14(17)18/h7,9,13,16H,4-6,8,10-12H2,1-3H3/b9-7+. The average Bonchev–Trinajstić information content (AvgIpc) is 2.22. The first kappa shape index (κ1) is 17.1. The molecule has 0 aromatic rings. The molecule has 0 rings (SSSR count). The predicted octanol–water partition coefficient (Wildman–Crippen LogP) is 0.700. The molecule has 4 nitrogen and oxygen atoms in total. The molecular formula is C14H27NO3. The van der Waals surface area contributed by atoms with Crippen molar-refractivity contribution in [2.45, 2.75) is 45.1 Å². The van der Waals surface area contributed by atoms with Crippen LogP contribution in [-0.4, -0.2) is 48.8 Å². The van der Waals surface area contributed by atoms with Crippen molar-refractivity contribution in [1.29, 1.82) is 0 Å². The van der Waals surface area contributed by atoms with Gasteiger partial charge >= 0.3 is 0 Å². The first-order valence-electron chi connectivity index (χ1n) is 6.74. The Morgan fingerprint density at radius 2 is 2.06 bits per heavy atom.